The molecule has 0 saturated carbocycles. The number of nitrogens with two attached hydrogens (primary N) is 1. The molecule has 0 radical (unpaired) electrons. The highest BCUT2D eigenvalue weighted by Crippen LogP contribution is 2.40. The van der Waals surface area contributed by atoms with Crippen molar-refractivity contribution in [3.63, 3.8) is 0 Å². The van der Waals surface area contributed by atoms with Crippen LogP contribution in [0.5, 0.6) is 5.75 Å². The molecule has 0 aliphatic rings. The number of ether oxygens (including phenoxy) is 1. The van der Waals surface area contributed by atoms with Crippen LogP contribution in [0.1, 0.15) is 11.5 Å². The molecule has 31 heavy (non-hydrogen) atoms. The molecular weight excluding hydrogens is 436 g/mol. The monoisotopic (exact) mass is 454 g/mol. The zero-order chi connectivity index (χ0) is 22.0. The number of methoxy groups -OCH3 is 1. The van der Waals surface area contributed by atoms with Crippen LogP contribution in [0.15, 0.2) is 82.1 Å². The topological polar surface area (TPSA) is 95.4 Å². The molecule has 3 aromatic carbocycles. The Bertz CT molecular complexity index is 1330. The molecule has 0 fully saturated rings. The Kier molecular flexibility index (Phi) is 5.82. The third kappa shape index (κ3) is 4.49. The van der Waals surface area contributed by atoms with Gasteiger partial charge in [-0.15, -0.1) is 0 Å². The van der Waals surface area contributed by atoms with E-state index >= 15 is 0 Å². The zero-order valence-electron chi connectivity index (χ0n) is 16.6. The van der Waals surface area contributed by atoms with E-state index in [0.29, 0.717) is 45.7 Å². The normalized spacial score (nSPS) is 11.5. The maximum Gasteiger partial charge on any atom is 0.238 e. The summed E-state index contributed by atoms with van der Waals surface area (Å²) in [5, 5.41) is 5.84. The fourth-order valence-electron chi connectivity index (χ4n) is 3.29. The van der Waals surface area contributed by atoms with E-state index in [-0.39, 0.29) is 4.90 Å². The van der Waals surface area contributed by atoms with E-state index in [2.05, 4.69) is 4.98 Å². The van der Waals surface area contributed by atoms with Crippen molar-refractivity contribution in [2.75, 3.05) is 7.11 Å². The zero-order valence-corrected chi connectivity index (χ0v) is 18.2. The van der Waals surface area contributed by atoms with Crippen LogP contribution in [0.4, 0.5) is 0 Å². The summed E-state index contributed by atoms with van der Waals surface area (Å²) in [6.45, 7) is 0. The first-order valence-electron chi connectivity index (χ1n) is 9.36. The fourth-order valence-corrected chi connectivity index (χ4v) is 4.29. The quantitative estimate of drug-likeness (QED) is 0.446. The Morgan fingerprint density at radius 3 is 2.39 bits per heavy atom. The Balaban J connectivity index is 1.92. The summed E-state index contributed by atoms with van der Waals surface area (Å²) in [6.07, 6.45) is 0.430. The van der Waals surface area contributed by atoms with Gasteiger partial charge < -0.3 is 9.15 Å². The molecule has 1 aromatic heterocycles. The average Bonchev–Trinajstić information content (AvgIpc) is 3.17. The van der Waals surface area contributed by atoms with Gasteiger partial charge in [-0.3, -0.25) is 0 Å². The third-order valence-electron chi connectivity index (χ3n) is 4.74. The van der Waals surface area contributed by atoms with E-state index in [0.717, 1.165) is 5.56 Å². The van der Waals surface area contributed by atoms with Crippen LogP contribution in [-0.2, 0) is 16.4 Å². The molecule has 1 heterocycles. The van der Waals surface area contributed by atoms with Gasteiger partial charge in [0.2, 0.25) is 10.0 Å². The number of aromatic nitrogens is 1. The molecule has 2 N–H and O–H groups in total. The van der Waals surface area contributed by atoms with E-state index in [4.69, 9.17) is 25.9 Å². The van der Waals surface area contributed by atoms with E-state index in [1.165, 1.54) is 6.07 Å². The van der Waals surface area contributed by atoms with E-state index in [1.807, 2.05) is 30.3 Å². The molecule has 0 aliphatic heterocycles. The summed E-state index contributed by atoms with van der Waals surface area (Å²) in [4.78, 5) is 4.59. The second-order valence-corrected chi connectivity index (χ2v) is 8.77. The summed E-state index contributed by atoms with van der Waals surface area (Å²) >= 11 is 6.49. The van der Waals surface area contributed by atoms with Crippen LogP contribution < -0.4 is 9.88 Å². The predicted molar refractivity (Wildman–Crippen MR) is 120 cm³/mol. The maximum atomic E-state index is 12.2. The van der Waals surface area contributed by atoms with Crippen molar-refractivity contribution in [1.29, 1.82) is 0 Å². The van der Waals surface area contributed by atoms with E-state index < -0.39 is 10.0 Å². The Morgan fingerprint density at radius 1 is 1.00 bits per heavy atom. The Hall–Kier alpha value is -3.13. The lowest BCUT2D eigenvalue weighted by Gasteiger charge is -2.08. The van der Waals surface area contributed by atoms with Gasteiger partial charge in [-0.1, -0.05) is 60.1 Å². The second kappa shape index (κ2) is 8.55. The molecule has 0 aliphatic carbocycles. The number of halogens is 1. The highest BCUT2D eigenvalue weighted by Gasteiger charge is 2.24. The minimum atomic E-state index is -3.99. The standard InChI is InChI=1S/C23H19ClN2O4S/c1-29-16-11-12-17(19(24)14-16)23-22(18-9-5-6-10-20(18)31(25,27)28)26-21(30-23)13-15-7-3-2-4-8-15/h2-12,14H,13H2,1H3,(H2,25,27,28). The lowest BCUT2D eigenvalue weighted by molar-refractivity contribution is 0.415. The van der Waals surface area contributed by atoms with Crippen LogP contribution in [-0.4, -0.2) is 20.5 Å². The van der Waals surface area contributed by atoms with Gasteiger partial charge in [-0.25, -0.2) is 18.5 Å². The van der Waals surface area contributed by atoms with Crippen LogP contribution >= 0.6 is 11.6 Å². The molecule has 0 atom stereocenters. The van der Waals surface area contributed by atoms with Gasteiger partial charge in [0.25, 0.3) is 0 Å². The number of sulfonamides is 1. The Labute approximate surface area is 185 Å². The first-order valence-corrected chi connectivity index (χ1v) is 11.3. The van der Waals surface area contributed by atoms with Gasteiger partial charge in [0.1, 0.15) is 11.4 Å². The summed E-state index contributed by atoms with van der Waals surface area (Å²) in [7, 11) is -2.44. The largest absolute Gasteiger partial charge is 0.497 e. The molecule has 6 nitrogen and oxygen atoms in total. The van der Waals surface area contributed by atoms with Gasteiger partial charge >= 0.3 is 0 Å². The van der Waals surface area contributed by atoms with Gasteiger partial charge in [0, 0.05) is 17.5 Å². The maximum absolute atomic E-state index is 12.2. The Morgan fingerprint density at radius 2 is 1.71 bits per heavy atom. The van der Waals surface area contributed by atoms with Crippen molar-refractivity contribution in [1.82, 2.24) is 4.98 Å². The summed E-state index contributed by atoms with van der Waals surface area (Å²) in [6, 6.07) is 21.3. The van der Waals surface area contributed by atoms with E-state index in [9.17, 15) is 8.42 Å². The van der Waals surface area contributed by atoms with Crippen molar-refractivity contribution in [3.05, 3.63) is 89.3 Å². The van der Waals surface area contributed by atoms with Gasteiger partial charge in [-0.2, -0.15) is 0 Å². The van der Waals surface area contributed by atoms with Gasteiger partial charge in [0.05, 0.1) is 17.0 Å². The molecule has 4 aromatic rings. The van der Waals surface area contributed by atoms with Crippen molar-refractivity contribution in [2.45, 2.75) is 11.3 Å². The SMILES string of the molecule is COc1ccc(-c2oc(Cc3ccccc3)nc2-c2ccccc2S(N)(=O)=O)c(Cl)c1. The number of rotatable bonds is 6. The van der Waals surface area contributed by atoms with Gasteiger partial charge in [0.15, 0.2) is 11.7 Å². The lowest BCUT2D eigenvalue weighted by Crippen LogP contribution is -2.13. The summed E-state index contributed by atoms with van der Waals surface area (Å²) in [5.74, 6) is 1.37. The molecule has 4 rings (SSSR count). The molecular formula is C23H19ClN2O4S. The van der Waals surface area contributed by atoms with Crippen LogP contribution in [0.2, 0.25) is 5.02 Å². The first-order chi connectivity index (χ1) is 14.9. The number of hydrogen-bond donors (Lipinski definition) is 1. The lowest BCUT2D eigenvalue weighted by atomic mass is 10.1. The number of oxazole rings is 1. The number of primary sulfonamides is 1. The number of benzene rings is 3. The van der Waals surface area contributed by atoms with Crippen molar-refractivity contribution in [3.8, 4) is 28.3 Å². The average molecular weight is 455 g/mol. The highest BCUT2D eigenvalue weighted by molar-refractivity contribution is 7.89. The first kappa shape index (κ1) is 21.1. The third-order valence-corrected chi connectivity index (χ3v) is 6.02. The van der Waals surface area contributed by atoms with E-state index in [1.54, 1.807) is 43.5 Å². The molecule has 8 heteroatoms. The predicted octanol–water partition coefficient (Wildman–Crippen LogP) is 4.91. The molecule has 0 bridgehead atoms. The van der Waals surface area contributed by atoms with Crippen molar-refractivity contribution >= 4 is 21.6 Å². The van der Waals surface area contributed by atoms with Crippen LogP contribution in [0.3, 0.4) is 0 Å². The van der Waals surface area contributed by atoms with Crippen molar-refractivity contribution in [2.24, 2.45) is 5.14 Å². The minimum absolute atomic E-state index is 0.0413. The van der Waals surface area contributed by atoms with Crippen LogP contribution in [0, 0.1) is 0 Å². The molecule has 0 spiro atoms. The minimum Gasteiger partial charge on any atom is -0.497 e. The number of nitrogens with zero attached hydrogens (tertiary/aromatic N) is 1. The highest BCUT2D eigenvalue weighted by atomic mass is 35.5. The second-order valence-electron chi connectivity index (χ2n) is 6.83. The summed E-state index contributed by atoms with van der Waals surface area (Å²) in [5.41, 5.74) is 2.26. The molecule has 0 unspecified atom stereocenters. The summed E-state index contributed by atoms with van der Waals surface area (Å²) < 4.78 is 35.7. The van der Waals surface area contributed by atoms with Crippen molar-refractivity contribution < 1.29 is 17.6 Å². The molecule has 158 valence electrons. The van der Waals surface area contributed by atoms with Gasteiger partial charge in [-0.05, 0) is 29.8 Å². The van der Waals surface area contributed by atoms with Crippen LogP contribution in [0.25, 0.3) is 22.6 Å². The fraction of sp³-hybridized carbons (Fsp3) is 0.0870. The number of hydrogen-bond acceptors (Lipinski definition) is 5. The molecule has 0 saturated heterocycles. The molecule has 0 amide bonds. The smallest absolute Gasteiger partial charge is 0.238 e.